The molecule has 0 spiro atoms. The highest BCUT2D eigenvalue weighted by molar-refractivity contribution is 5.77. The summed E-state index contributed by atoms with van der Waals surface area (Å²) in [6.45, 7) is 2.02. The van der Waals surface area contributed by atoms with Crippen molar-refractivity contribution in [2.75, 3.05) is 33.0 Å². The Labute approximate surface area is 553 Å². The standard InChI is InChI=1S/C65H117N3O26/c1-5-7-9-11-13-15-17-19-21-23-25-27-29-31-42(74)41(68-48(77)32-30-28-26-24-22-20-18-16-14-12-10-8-6-2)37-87-62-56(83)54(81)59(45(35-70)89-62)93-63-57(84)55(82)58(46(36-71)90-63)92-61-50(67-40(4)73)53(80)52(79)47(91-61)38-88-65(64(85)86)33-43(75)49(66-39(3)72)60(94-65)51(78)44(76)34-69/h29,31,41-47,49-63,69-71,74-76,78-84H,5-28,30,32-38H2,1-4H3,(H,66,72)(H,67,73)(H,68,77)(H,85,86)/b31-29+/t41-,42+,43?,44+,45?,46?,47?,49+,50?,51+,52-,53+,54+,55+,56?,57?,58-,59+,60?,61-,62+,63-,65+/m0/s1. The van der Waals surface area contributed by atoms with Gasteiger partial charge in [0, 0.05) is 26.7 Å². The first-order valence-electron chi connectivity index (χ1n) is 34.6. The van der Waals surface area contributed by atoms with Crippen LogP contribution in [0.5, 0.6) is 0 Å². The number of carbonyl (C=O) groups excluding carboxylic acids is 3. The van der Waals surface area contributed by atoms with E-state index in [1.165, 1.54) is 103 Å². The van der Waals surface area contributed by atoms with Crippen LogP contribution in [0.1, 0.15) is 201 Å². The van der Waals surface area contributed by atoms with Crippen LogP contribution in [-0.2, 0) is 57.1 Å². The largest absolute Gasteiger partial charge is 0.477 e. The Balaban J connectivity index is 1.41. The summed E-state index contributed by atoms with van der Waals surface area (Å²) in [6, 6.07) is -4.32. The van der Waals surface area contributed by atoms with E-state index in [0.29, 0.717) is 12.8 Å². The zero-order chi connectivity index (χ0) is 69.3. The van der Waals surface area contributed by atoms with Crippen molar-refractivity contribution >= 4 is 23.7 Å². The van der Waals surface area contributed by atoms with Crippen LogP contribution in [0.3, 0.4) is 0 Å². The number of ether oxygens (including phenoxy) is 8. The van der Waals surface area contributed by atoms with Gasteiger partial charge in [0.1, 0.15) is 91.5 Å². The molecule has 4 saturated heterocycles. The minimum absolute atomic E-state index is 0.195. The predicted molar refractivity (Wildman–Crippen MR) is 336 cm³/mol. The van der Waals surface area contributed by atoms with Crippen LogP contribution in [0.15, 0.2) is 12.2 Å². The Hall–Kier alpha value is -3.22. The molecular formula is C65H117N3O26. The van der Waals surface area contributed by atoms with Crippen molar-refractivity contribution in [2.24, 2.45) is 0 Å². The number of aliphatic hydroxyl groups excluding tert-OH is 13. The van der Waals surface area contributed by atoms with Crippen molar-refractivity contribution in [1.82, 2.24) is 16.0 Å². The van der Waals surface area contributed by atoms with E-state index in [1.54, 1.807) is 6.08 Å². The highest BCUT2D eigenvalue weighted by atomic mass is 16.8. The van der Waals surface area contributed by atoms with E-state index in [2.05, 4.69) is 29.8 Å². The van der Waals surface area contributed by atoms with Gasteiger partial charge in [0.25, 0.3) is 5.79 Å². The summed E-state index contributed by atoms with van der Waals surface area (Å²) in [5.41, 5.74) is 0. The van der Waals surface area contributed by atoms with Crippen LogP contribution in [0.2, 0.25) is 0 Å². The molecule has 0 radical (unpaired) electrons. The molecule has 29 heteroatoms. The van der Waals surface area contributed by atoms with E-state index in [1.807, 2.05) is 6.08 Å². The molecule has 4 rings (SSSR count). The molecule has 29 nitrogen and oxygen atoms in total. The minimum atomic E-state index is -2.95. The first kappa shape index (κ1) is 83.2. The number of aliphatic carboxylic acids is 1. The maximum atomic E-state index is 13.4. The molecule has 4 aliphatic rings. The summed E-state index contributed by atoms with van der Waals surface area (Å²) in [7, 11) is 0. The molecule has 0 aliphatic carbocycles. The Morgan fingerprint density at radius 3 is 1.51 bits per heavy atom. The molecule has 4 fully saturated rings. The van der Waals surface area contributed by atoms with E-state index in [9.17, 15) is 90.7 Å². The van der Waals surface area contributed by atoms with Crippen LogP contribution in [-0.4, -0.2) is 269 Å². The number of allylic oxidation sites excluding steroid dienone is 1. The summed E-state index contributed by atoms with van der Waals surface area (Å²) in [4.78, 5) is 50.7. The monoisotopic (exact) mass is 1360 g/mol. The van der Waals surface area contributed by atoms with Crippen molar-refractivity contribution in [3.8, 4) is 0 Å². The Bertz CT molecular complexity index is 2140. The fraction of sp³-hybridized carbons (Fsp3) is 0.908. The van der Waals surface area contributed by atoms with E-state index < -0.39 is 198 Å². The SMILES string of the molecule is CCCCCCCCCCCCC/C=C/[C@@H](O)[C@H](CO[C@@H]1OC(CO)[C@@H](O[C@@H]2OC(CO)[C@H](O[C@@H]3OC(CO[C@]4(C(=O)O)CC(O)[C@@H](NC(C)=O)C([C@H](O)[C@H](O)CO)O4)[C@H](O)[C@H](O)C3NC(C)=O)[C@H](O)C2O)[C@H](O)C1O)NC(=O)CCCCCCCCCCCCCCC. The van der Waals surface area contributed by atoms with Crippen LogP contribution in [0, 0.1) is 0 Å². The molecule has 0 aromatic heterocycles. The molecule has 8 unspecified atom stereocenters. The van der Waals surface area contributed by atoms with Crippen molar-refractivity contribution in [2.45, 2.75) is 342 Å². The molecule has 0 saturated carbocycles. The van der Waals surface area contributed by atoms with E-state index in [0.717, 1.165) is 58.8 Å². The fourth-order valence-corrected chi connectivity index (χ4v) is 12.4. The lowest BCUT2D eigenvalue weighted by atomic mass is 9.88. The number of carboxylic acid groups (broad SMARTS) is 1. The summed E-state index contributed by atoms with van der Waals surface area (Å²) < 4.78 is 46.7. The molecule has 0 aromatic rings. The Kier molecular flexibility index (Phi) is 39.6. The Morgan fingerprint density at radius 1 is 0.564 bits per heavy atom. The van der Waals surface area contributed by atoms with Crippen molar-refractivity contribution < 1.29 is 129 Å². The maximum Gasteiger partial charge on any atom is 0.364 e. The summed E-state index contributed by atoms with van der Waals surface area (Å²) in [5.74, 6) is -6.77. The average molecular weight is 1360 g/mol. The van der Waals surface area contributed by atoms with Crippen molar-refractivity contribution in [1.29, 1.82) is 0 Å². The van der Waals surface area contributed by atoms with Gasteiger partial charge in [0.15, 0.2) is 18.9 Å². The third-order valence-corrected chi connectivity index (χ3v) is 18.0. The van der Waals surface area contributed by atoms with Gasteiger partial charge in [-0.25, -0.2) is 4.79 Å². The number of rotatable bonds is 47. The number of unbranched alkanes of at least 4 members (excludes halogenated alkanes) is 23. The quantitative estimate of drug-likeness (QED) is 0.0289. The minimum Gasteiger partial charge on any atom is -0.477 e. The number of hydrogen-bond donors (Lipinski definition) is 17. The molecular weight excluding hydrogens is 1240 g/mol. The highest BCUT2D eigenvalue weighted by Crippen LogP contribution is 2.37. The number of carboxylic acids is 1. The second-order valence-corrected chi connectivity index (χ2v) is 25.8. The molecule has 0 bridgehead atoms. The summed E-state index contributed by atoms with van der Waals surface area (Å²) in [6.07, 6.45) is -4.75. The number of hydrogen-bond acceptors (Lipinski definition) is 25. The molecule has 23 atom stereocenters. The molecule has 0 aromatic carbocycles. The molecule has 17 N–H and O–H groups in total. The maximum absolute atomic E-state index is 13.4. The van der Waals surface area contributed by atoms with Gasteiger partial charge in [0.2, 0.25) is 17.7 Å². The van der Waals surface area contributed by atoms with Gasteiger partial charge >= 0.3 is 5.97 Å². The van der Waals surface area contributed by atoms with Gasteiger partial charge in [-0.2, -0.15) is 0 Å². The van der Waals surface area contributed by atoms with Crippen LogP contribution in [0.4, 0.5) is 0 Å². The molecule has 3 amide bonds. The lowest BCUT2D eigenvalue weighted by molar-refractivity contribution is -0.376. The zero-order valence-corrected chi connectivity index (χ0v) is 55.6. The molecule has 4 heterocycles. The second kappa shape index (κ2) is 44.7. The zero-order valence-electron chi connectivity index (χ0n) is 55.6. The third-order valence-electron chi connectivity index (χ3n) is 18.0. The first-order valence-corrected chi connectivity index (χ1v) is 34.6. The number of nitrogens with one attached hydrogen (secondary N) is 3. The number of amides is 3. The molecule has 94 heavy (non-hydrogen) atoms. The smallest absolute Gasteiger partial charge is 0.364 e. The van der Waals surface area contributed by atoms with Crippen molar-refractivity contribution in [3.63, 3.8) is 0 Å². The first-order chi connectivity index (χ1) is 45.0. The van der Waals surface area contributed by atoms with Gasteiger partial charge in [-0.3, -0.25) is 14.4 Å². The molecule has 4 aliphatic heterocycles. The Morgan fingerprint density at radius 2 is 1.02 bits per heavy atom. The van der Waals surface area contributed by atoms with Gasteiger partial charge in [-0.05, 0) is 19.3 Å². The van der Waals surface area contributed by atoms with Gasteiger partial charge in [-0.1, -0.05) is 167 Å². The topological polar surface area (TPSA) is 461 Å². The van der Waals surface area contributed by atoms with Crippen LogP contribution in [0.25, 0.3) is 0 Å². The van der Waals surface area contributed by atoms with E-state index in [-0.39, 0.29) is 12.3 Å². The number of carbonyl (C=O) groups is 4. The summed E-state index contributed by atoms with van der Waals surface area (Å²) >= 11 is 0. The van der Waals surface area contributed by atoms with Crippen molar-refractivity contribution in [3.05, 3.63) is 12.2 Å². The van der Waals surface area contributed by atoms with Gasteiger partial charge < -0.3 is 125 Å². The third kappa shape index (κ3) is 26.8. The lowest BCUT2D eigenvalue weighted by Crippen LogP contribution is -2.69. The highest BCUT2D eigenvalue weighted by Gasteiger charge is 2.58. The summed E-state index contributed by atoms with van der Waals surface area (Å²) in [5, 5.41) is 161. The van der Waals surface area contributed by atoms with E-state index >= 15 is 0 Å². The molecule has 548 valence electrons. The fourth-order valence-electron chi connectivity index (χ4n) is 12.4. The van der Waals surface area contributed by atoms with Crippen LogP contribution >= 0.6 is 0 Å². The van der Waals surface area contributed by atoms with Crippen LogP contribution < -0.4 is 16.0 Å². The number of aliphatic hydroxyl groups is 13. The second-order valence-electron chi connectivity index (χ2n) is 25.8. The van der Waals surface area contributed by atoms with Gasteiger partial charge in [0.05, 0.1) is 57.3 Å². The lowest BCUT2D eigenvalue weighted by Gasteiger charge is -2.49. The average Bonchev–Trinajstić information content (AvgIpc) is 0.776. The van der Waals surface area contributed by atoms with Gasteiger partial charge in [-0.15, -0.1) is 0 Å². The van der Waals surface area contributed by atoms with E-state index in [4.69, 9.17) is 37.9 Å². The predicted octanol–water partition coefficient (Wildman–Crippen LogP) is 0.353. The normalized spacial score (nSPS) is 32.8.